The molecule has 182 valence electrons. The van der Waals surface area contributed by atoms with Gasteiger partial charge in [0.1, 0.15) is 28.6 Å². The summed E-state index contributed by atoms with van der Waals surface area (Å²) in [5, 5.41) is 20.5. The van der Waals surface area contributed by atoms with Crippen molar-refractivity contribution in [1.82, 2.24) is 39.3 Å². The zero-order valence-corrected chi connectivity index (χ0v) is 19.3. The molecular formula is C23H24F3N9. The topological polar surface area (TPSA) is 91.3 Å². The summed E-state index contributed by atoms with van der Waals surface area (Å²) >= 11 is 0. The monoisotopic (exact) mass is 483 g/mol. The number of hydrogen-bond acceptors (Lipinski definition) is 6. The number of nitrogens with one attached hydrogen (secondary N) is 1. The molecule has 0 atom stereocenters. The molecule has 2 aliphatic rings. The Morgan fingerprint density at radius 2 is 1.91 bits per heavy atom. The van der Waals surface area contributed by atoms with Gasteiger partial charge in [-0.2, -0.15) is 23.4 Å². The van der Waals surface area contributed by atoms with Gasteiger partial charge in [-0.05, 0) is 43.9 Å². The SMILES string of the molecule is Cc1cnc(Nc2ccnn2C)cc1-c1cc2n(n1)CCCn1c-2nnc1C1(C(F)(F)F)CCC1. The maximum atomic E-state index is 14.0. The van der Waals surface area contributed by atoms with Crippen LogP contribution in [-0.4, -0.2) is 45.5 Å². The van der Waals surface area contributed by atoms with E-state index in [2.05, 4.69) is 25.6 Å². The normalized spacial score (nSPS) is 16.8. The zero-order valence-electron chi connectivity index (χ0n) is 19.3. The maximum absolute atomic E-state index is 14.0. The van der Waals surface area contributed by atoms with Gasteiger partial charge in [0, 0.05) is 38.0 Å². The minimum Gasteiger partial charge on any atom is -0.325 e. The number of aryl methyl sites for hydroxylation is 3. The molecule has 1 aliphatic carbocycles. The van der Waals surface area contributed by atoms with Gasteiger partial charge in [-0.25, -0.2) is 4.98 Å². The van der Waals surface area contributed by atoms with Crippen LogP contribution in [0.5, 0.6) is 0 Å². The Morgan fingerprint density at radius 3 is 2.60 bits per heavy atom. The van der Waals surface area contributed by atoms with E-state index in [9.17, 15) is 13.2 Å². The van der Waals surface area contributed by atoms with Crippen molar-refractivity contribution >= 4 is 11.6 Å². The van der Waals surface area contributed by atoms with E-state index in [1.54, 1.807) is 21.6 Å². The Kier molecular flexibility index (Phi) is 4.77. The minimum absolute atomic E-state index is 0.0326. The first-order chi connectivity index (χ1) is 16.8. The summed E-state index contributed by atoms with van der Waals surface area (Å²) in [5.74, 6) is 1.90. The average molecular weight is 484 g/mol. The van der Waals surface area contributed by atoms with Crippen molar-refractivity contribution in [2.45, 2.75) is 57.3 Å². The summed E-state index contributed by atoms with van der Waals surface area (Å²) in [7, 11) is 1.83. The molecule has 0 amide bonds. The Morgan fingerprint density at radius 1 is 1.09 bits per heavy atom. The summed E-state index contributed by atoms with van der Waals surface area (Å²) in [5.41, 5.74) is 1.29. The molecule has 6 rings (SSSR count). The Balaban J connectivity index is 1.40. The lowest BCUT2D eigenvalue weighted by molar-refractivity contribution is -0.216. The van der Waals surface area contributed by atoms with Crippen LogP contribution in [0.2, 0.25) is 0 Å². The predicted molar refractivity (Wildman–Crippen MR) is 122 cm³/mol. The number of pyridine rings is 1. The predicted octanol–water partition coefficient (Wildman–Crippen LogP) is 4.38. The second-order valence-electron chi connectivity index (χ2n) is 9.27. The fraction of sp³-hybridized carbons (Fsp3) is 0.435. The summed E-state index contributed by atoms with van der Waals surface area (Å²) in [6, 6.07) is 5.64. The highest BCUT2D eigenvalue weighted by atomic mass is 19.4. The van der Waals surface area contributed by atoms with Gasteiger partial charge < -0.3 is 9.88 Å². The summed E-state index contributed by atoms with van der Waals surface area (Å²) in [4.78, 5) is 4.46. The molecule has 0 spiro atoms. The number of aromatic nitrogens is 8. The van der Waals surface area contributed by atoms with Crippen molar-refractivity contribution in [3.8, 4) is 22.8 Å². The van der Waals surface area contributed by atoms with Gasteiger partial charge in [0.2, 0.25) is 0 Å². The van der Waals surface area contributed by atoms with E-state index in [0.717, 1.165) is 16.9 Å². The maximum Gasteiger partial charge on any atom is 0.401 e. The van der Waals surface area contributed by atoms with E-state index in [0.29, 0.717) is 49.0 Å². The van der Waals surface area contributed by atoms with Gasteiger partial charge in [0.25, 0.3) is 0 Å². The molecule has 5 heterocycles. The molecule has 1 fully saturated rings. The van der Waals surface area contributed by atoms with Crippen LogP contribution in [0.1, 0.15) is 37.1 Å². The lowest BCUT2D eigenvalue weighted by Gasteiger charge is -2.42. The van der Waals surface area contributed by atoms with Crippen LogP contribution in [0, 0.1) is 6.92 Å². The molecule has 1 aliphatic heterocycles. The standard InChI is InChI=1S/C23H24F3N9/c1-14-13-27-18(29-19-5-8-28-33(19)2)11-15(14)16-12-17-20-30-31-21(22(6-3-7-22)23(24,25)26)34(20)9-4-10-35(17)32-16/h5,8,11-13H,3-4,6-7,9-10H2,1-2H3,(H,27,29). The van der Waals surface area contributed by atoms with Crippen molar-refractivity contribution in [1.29, 1.82) is 0 Å². The average Bonchev–Trinajstić information content (AvgIpc) is 3.45. The van der Waals surface area contributed by atoms with E-state index in [4.69, 9.17) is 5.10 Å². The van der Waals surface area contributed by atoms with Crippen molar-refractivity contribution in [2.24, 2.45) is 7.05 Å². The highest BCUT2D eigenvalue weighted by molar-refractivity contribution is 5.71. The Labute approximate surface area is 199 Å². The van der Waals surface area contributed by atoms with Crippen molar-refractivity contribution < 1.29 is 13.2 Å². The van der Waals surface area contributed by atoms with E-state index < -0.39 is 11.6 Å². The largest absolute Gasteiger partial charge is 0.401 e. The van der Waals surface area contributed by atoms with Gasteiger partial charge in [-0.1, -0.05) is 6.42 Å². The Hall–Kier alpha value is -3.70. The second kappa shape index (κ2) is 7.65. The molecule has 1 N–H and O–H groups in total. The summed E-state index contributed by atoms with van der Waals surface area (Å²) in [6.07, 6.45) is 0.411. The first kappa shape index (κ1) is 21.8. The smallest absolute Gasteiger partial charge is 0.325 e. The highest BCUT2D eigenvalue weighted by Gasteiger charge is 2.62. The zero-order chi connectivity index (χ0) is 24.4. The molecule has 0 aromatic carbocycles. The van der Waals surface area contributed by atoms with Crippen LogP contribution in [0.4, 0.5) is 24.8 Å². The van der Waals surface area contributed by atoms with Crippen LogP contribution in [-0.2, 0) is 25.6 Å². The van der Waals surface area contributed by atoms with Crippen LogP contribution >= 0.6 is 0 Å². The molecule has 12 heteroatoms. The van der Waals surface area contributed by atoms with Crippen molar-refractivity contribution in [2.75, 3.05) is 5.32 Å². The van der Waals surface area contributed by atoms with Crippen LogP contribution in [0.15, 0.2) is 30.6 Å². The fourth-order valence-corrected chi connectivity index (χ4v) is 5.00. The quantitative estimate of drug-likeness (QED) is 0.463. The van der Waals surface area contributed by atoms with E-state index in [1.807, 2.05) is 36.9 Å². The molecule has 9 nitrogen and oxygen atoms in total. The van der Waals surface area contributed by atoms with Gasteiger partial charge in [0.05, 0.1) is 11.9 Å². The lowest BCUT2D eigenvalue weighted by Crippen LogP contribution is -2.49. The van der Waals surface area contributed by atoms with Crippen LogP contribution < -0.4 is 5.32 Å². The first-order valence-corrected chi connectivity index (χ1v) is 11.6. The van der Waals surface area contributed by atoms with Crippen molar-refractivity contribution in [3.63, 3.8) is 0 Å². The molecule has 1 saturated carbocycles. The third-order valence-electron chi connectivity index (χ3n) is 7.15. The molecule has 0 unspecified atom stereocenters. The number of nitrogens with zero attached hydrogens (tertiary/aromatic N) is 8. The number of anilines is 2. The minimum atomic E-state index is -4.35. The van der Waals surface area contributed by atoms with E-state index in [-0.39, 0.29) is 18.7 Å². The highest BCUT2D eigenvalue weighted by Crippen LogP contribution is 2.54. The fourth-order valence-electron chi connectivity index (χ4n) is 5.00. The number of alkyl halides is 3. The van der Waals surface area contributed by atoms with Gasteiger partial charge >= 0.3 is 6.18 Å². The van der Waals surface area contributed by atoms with Crippen molar-refractivity contribution in [3.05, 3.63) is 42.0 Å². The number of hydrogen-bond donors (Lipinski definition) is 1. The molecule has 35 heavy (non-hydrogen) atoms. The van der Waals surface area contributed by atoms with Gasteiger partial charge in [0.15, 0.2) is 5.82 Å². The first-order valence-electron chi connectivity index (χ1n) is 11.6. The summed E-state index contributed by atoms with van der Waals surface area (Å²) < 4.78 is 47.3. The third kappa shape index (κ3) is 3.34. The number of rotatable bonds is 4. The molecule has 0 radical (unpaired) electrons. The molecular weight excluding hydrogens is 459 g/mol. The summed E-state index contributed by atoms with van der Waals surface area (Å²) in [6.45, 7) is 2.97. The molecule has 4 aromatic heterocycles. The Bertz CT molecular complexity index is 1410. The number of halogens is 3. The van der Waals surface area contributed by atoms with E-state index in [1.165, 1.54) is 0 Å². The molecule has 0 saturated heterocycles. The van der Waals surface area contributed by atoms with Crippen LogP contribution in [0.25, 0.3) is 22.8 Å². The van der Waals surface area contributed by atoms with Crippen LogP contribution in [0.3, 0.4) is 0 Å². The molecule has 4 aromatic rings. The number of fused-ring (bicyclic) bond motifs is 3. The molecule has 0 bridgehead atoms. The lowest BCUT2D eigenvalue weighted by atomic mass is 9.67. The van der Waals surface area contributed by atoms with Gasteiger partial charge in [-0.3, -0.25) is 9.36 Å². The third-order valence-corrected chi connectivity index (χ3v) is 7.15. The van der Waals surface area contributed by atoms with E-state index >= 15 is 0 Å². The van der Waals surface area contributed by atoms with Gasteiger partial charge in [-0.15, -0.1) is 10.2 Å². The second-order valence-corrected chi connectivity index (χ2v) is 9.27.